The van der Waals surface area contributed by atoms with Crippen LogP contribution in [-0.2, 0) is 10.0 Å². The molecule has 0 aliphatic rings. The second-order valence-electron chi connectivity index (χ2n) is 3.02. The van der Waals surface area contributed by atoms with Crippen molar-refractivity contribution in [3.63, 3.8) is 0 Å². The lowest BCUT2D eigenvalue weighted by Crippen LogP contribution is -2.24. The molecule has 0 amide bonds. The molecular weight excluding hydrogens is 244 g/mol. The van der Waals surface area contributed by atoms with Crippen LogP contribution in [0.4, 0.5) is 5.69 Å². The molecule has 8 nitrogen and oxygen atoms in total. The molecule has 0 aromatic heterocycles. The van der Waals surface area contributed by atoms with Crippen LogP contribution in [0.1, 0.15) is 0 Å². The third kappa shape index (κ3) is 3.65. The Morgan fingerprint density at radius 1 is 0.941 bits per heavy atom. The number of rotatable bonds is 3. The highest BCUT2D eigenvalue weighted by Gasteiger charge is 2.12. The molecule has 0 heterocycles. The molecule has 0 bridgehead atoms. The highest BCUT2D eigenvalue weighted by Crippen LogP contribution is 2.17. The fourth-order valence-corrected chi connectivity index (χ4v) is 1.90. The van der Waals surface area contributed by atoms with Crippen molar-refractivity contribution in [2.24, 2.45) is 32.3 Å². The summed E-state index contributed by atoms with van der Waals surface area (Å²) in [5.41, 5.74) is 20.8. The van der Waals surface area contributed by atoms with Crippen molar-refractivity contribution < 1.29 is 8.42 Å². The number of nitrogens with two attached hydrogens (primary N) is 4. The minimum atomic E-state index is -3.88. The van der Waals surface area contributed by atoms with Gasteiger partial charge in [-0.05, 0) is 24.3 Å². The Labute approximate surface area is 98.1 Å². The molecule has 9 heteroatoms. The van der Waals surface area contributed by atoms with E-state index in [2.05, 4.69) is 9.39 Å². The van der Waals surface area contributed by atoms with Crippen LogP contribution in [0, 0.1) is 0 Å². The van der Waals surface area contributed by atoms with Gasteiger partial charge in [-0.1, -0.05) is 0 Å². The highest BCUT2D eigenvalue weighted by atomic mass is 32.2. The lowest BCUT2D eigenvalue weighted by atomic mass is 10.3. The first-order valence-corrected chi connectivity index (χ1v) is 5.81. The zero-order valence-electron chi connectivity index (χ0n) is 8.74. The minimum absolute atomic E-state index is 0.0551. The van der Waals surface area contributed by atoms with Crippen LogP contribution in [0.3, 0.4) is 0 Å². The van der Waals surface area contributed by atoms with E-state index >= 15 is 0 Å². The Morgan fingerprint density at radius 2 is 1.47 bits per heavy atom. The predicted octanol–water partition coefficient (Wildman–Crippen LogP) is -1.45. The van der Waals surface area contributed by atoms with E-state index in [-0.39, 0.29) is 10.9 Å². The summed E-state index contributed by atoms with van der Waals surface area (Å²) in [6.07, 6.45) is 0. The van der Waals surface area contributed by atoms with Gasteiger partial charge in [0.1, 0.15) is 0 Å². The number of guanidine groups is 2. The van der Waals surface area contributed by atoms with E-state index in [1.165, 1.54) is 24.3 Å². The first kappa shape index (κ1) is 12.8. The summed E-state index contributed by atoms with van der Waals surface area (Å²) in [5.74, 6) is -0.650. The van der Waals surface area contributed by atoms with Crippen molar-refractivity contribution in [1.82, 2.24) is 0 Å². The normalized spacial score (nSPS) is 10.6. The molecule has 8 N–H and O–H groups in total. The maximum absolute atomic E-state index is 11.5. The molecular formula is C8H12N6O2S. The summed E-state index contributed by atoms with van der Waals surface area (Å²) in [5, 5.41) is 0. The van der Waals surface area contributed by atoms with E-state index < -0.39 is 16.0 Å². The van der Waals surface area contributed by atoms with E-state index in [0.717, 1.165) is 0 Å². The molecule has 0 radical (unpaired) electrons. The van der Waals surface area contributed by atoms with Crippen molar-refractivity contribution in [3.8, 4) is 0 Å². The van der Waals surface area contributed by atoms with Crippen LogP contribution >= 0.6 is 0 Å². The quantitative estimate of drug-likeness (QED) is 0.382. The topological polar surface area (TPSA) is 163 Å². The van der Waals surface area contributed by atoms with Crippen molar-refractivity contribution >= 4 is 27.6 Å². The van der Waals surface area contributed by atoms with E-state index in [9.17, 15) is 8.42 Å². The molecule has 0 aliphatic carbocycles. The first-order valence-electron chi connectivity index (χ1n) is 4.37. The second-order valence-corrected chi connectivity index (χ2v) is 4.63. The van der Waals surface area contributed by atoms with Crippen LogP contribution in [0.15, 0.2) is 38.6 Å². The Morgan fingerprint density at radius 3 is 1.88 bits per heavy atom. The molecule has 0 saturated heterocycles. The monoisotopic (exact) mass is 256 g/mol. The van der Waals surface area contributed by atoms with Crippen LogP contribution < -0.4 is 22.9 Å². The number of aliphatic imine (C=N–C) groups is 1. The molecule has 0 spiro atoms. The summed E-state index contributed by atoms with van der Waals surface area (Å²) in [6.45, 7) is 0. The number of nitrogens with zero attached hydrogens (tertiary/aromatic N) is 2. The zero-order valence-corrected chi connectivity index (χ0v) is 9.55. The summed E-state index contributed by atoms with van der Waals surface area (Å²) < 4.78 is 26.2. The smallest absolute Gasteiger partial charge is 0.285 e. The van der Waals surface area contributed by atoms with Crippen molar-refractivity contribution in [2.45, 2.75) is 4.90 Å². The lowest BCUT2D eigenvalue weighted by molar-refractivity contribution is 0.598. The van der Waals surface area contributed by atoms with Gasteiger partial charge in [0.25, 0.3) is 10.0 Å². The third-order valence-electron chi connectivity index (χ3n) is 1.62. The fourth-order valence-electron chi connectivity index (χ4n) is 1.03. The van der Waals surface area contributed by atoms with Gasteiger partial charge >= 0.3 is 0 Å². The third-order valence-corrected chi connectivity index (χ3v) is 2.94. The molecule has 0 aliphatic heterocycles. The summed E-state index contributed by atoms with van der Waals surface area (Å²) in [6, 6.07) is 5.44. The molecule has 0 atom stereocenters. The van der Waals surface area contributed by atoms with Gasteiger partial charge in [-0.25, -0.2) is 4.99 Å². The number of hydrogen-bond donors (Lipinski definition) is 4. The standard InChI is InChI=1S/C8H12N6O2S/c9-7(10)13-5-1-3-6(4-2-5)17(15,16)14-8(11)12/h1-4H,(H4,9,10,13)(H4,11,12,14). The molecule has 1 aromatic carbocycles. The Bertz CT molecular complexity index is 552. The average Bonchev–Trinajstić information content (AvgIpc) is 2.15. The zero-order chi connectivity index (χ0) is 13.1. The summed E-state index contributed by atoms with van der Waals surface area (Å²) in [7, 11) is -3.88. The SMILES string of the molecule is NC(N)=Nc1ccc(S(=O)(=O)N=C(N)N)cc1. The minimum Gasteiger partial charge on any atom is -0.370 e. The van der Waals surface area contributed by atoms with E-state index in [0.29, 0.717) is 5.69 Å². The van der Waals surface area contributed by atoms with Gasteiger partial charge in [-0.3, -0.25) is 0 Å². The number of sulfonamides is 1. The van der Waals surface area contributed by atoms with Crippen LogP contribution in [0.5, 0.6) is 0 Å². The Kier molecular flexibility index (Phi) is 3.53. The van der Waals surface area contributed by atoms with Crippen molar-refractivity contribution in [1.29, 1.82) is 0 Å². The van der Waals surface area contributed by atoms with E-state index in [4.69, 9.17) is 22.9 Å². The fraction of sp³-hybridized carbons (Fsp3) is 0. The van der Waals surface area contributed by atoms with Crippen LogP contribution in [0.25, 0.3) is 0 Å². The Hall–Kier alpha value is -2.29. The Balaban J connectivity index is 3.12. The highest BCUT2D eigenvalue weighted by molar-refractivity contribution is 7.90. The second kappa shape index (κ2) is 4.70. The molecule has 17 heavy (non-hydrogen) atoms. The average molecular weight is 256 g/mol. The predicted molar refractivity (Wildman–Crippen MR) is 64.9 cm³/mol. The maximum atomic E-state index is 11.5. The first-order chi connectivity index (χ1) is 7.81. The van der Waals surface area contributed by atoms with Gasteiger partial charge in [-0.2, -0.15) is 8.42 Å². The van der Waals surface area contributed by atoms with Crippen LogP contribution in [-0.4, -0.2) is 20.3 Å². The number of benzene rings is 1. The van der Waals surface area contributed by atoms with E-state index in [1.54, 1.807) is 0 Å². The molecule has 0 fully saturated rings. The molecule has 92 valence electrons. The molecule has 0 unspecified atom stereocenters. The lowest BCUT2D eigenvalue weighted by Gasteiger charge is -2.00. The van der Waals surface area contributed by atoms with Gasteiger partial charge in [-0.15, -0.1) is 4.40 Å². The molecule has 0 saturated carbocycles. The van der Waals surface area contributed by atoms with Gasteiger partial charge in [0, 0.05) is 0 Å². The van der Waals surface area contributed by atoms with Gasteiger partial charge in [0.05, 0.1) is 10.6 Å². The summed E-state index contributed by atoms with van der Waals surface area (Å²) in [4.78, 5) is 3.68. The number of hydrogen-bond acceptors (Lipinski definition) is 3. The van der Waals surface area contributed by atoms with Crippen molar-refractivity contribution in [3.05, 3.63) is 24.3 Å². The van der Waals surface area contributed by atoms with Gasteiger partial charge < -0.3 is 22.9 Å². The maximum Gasteiger partial charge on any atom is 0.285 e. The summed E-state index contributed by atoms with van der Waals surface area (Å²) >= 11 is 0. The van der Waals surface area contributed by atoms with E-state index in [1.807, 2.05) is 0 Å². The van der Waals surface area contributed by atoms with Gasteiger partial charge in [0.2, 0.25) is 5.96 Å². The largest absolute Gasteiger partial charge is 0.370 e. The van der Waals surface area contributed by atoms with Crippen molar-refractivity contribution in [2.75, 3.05) is 0 Å². The van der Waals surface area contributed by atoms with Gasteiger partial charge in [0.15, 0.2) is 5.96 Å². The molecule has 1 aromatic rings. The van der Waals surface area contributed by atoms with Crippen LogP contribution in [0.2, 0.25) is 0 Å². The molecule has 1 rings (SSSR count).